The molecular weight excluding hydrogens is 312 g/mol. The molecule has 130 valence electrons. The minimum Gasteiger partial charge on any atom is -0.461 e. The Morgan fingerprint density at radius 3 is 1.73 bits per heavy atom. The van der Waals surface area contributed by atoms with Gasteiger partial charge in [0.15, 0.2) is 22.7 Å². The van der Waals surface area contributed by atoms with E-state index in [0.717, 1.165) is 0 Å². The monoisotopic (exact) mass is 346 g/mol. The maximum atomic E-state index is 12.1. The number of carbonyl (C=O) groups is 1. The van der Waals surface area contributed by atoms with Crippen LogP contribution < -0.4 is 0 Å². The molecule has 0 bridgehead atoms. The van der Waals surface area contributed by atoms with Crippen molar-refractivity contribution >= 4 is 22.6 Å². The zero-order valence-corrected chi connectivity index (χ0v) is 18.0. The van der Waals surface area contributed by atoms with Crippen LogP contribution in [-0.2, 0) is 18.4 Å². The molecule has 0 aliphatic carbocycles. The molecule has 22 heavy (non-hydrogen) atoms. The molecule has 1 rings (SSSR count). The van der Waals surface area contributed by atoms with Gasteiger partial charge in [0, 0.05) is 0 Å². The second-order valence-electron chi connectivity index (χ2n) is 9.35. The summed E-state index contributed by atoms with van der Waals surface area (Å²) >= 11 is 0. The topological polar surface area (TPSA) is 44.8 Å². The SMILES string of the molecule is CC(C)(C)[Si](C)(C)OC1COC(=O)C1O[Si](C)(C)C(C)(C)C. The first-order chi connectivity index (χ1) is 9.58. The molecule has 0 amide bonds. The third-order valence-corrected chi connectivity index (χ3v) is 14.4. The second kappa shape index (κ2) is 6.03. The first-order valence-electron chi connectivity index (χ1n) is 8.11. The predicted octanol–water partition coefficient (Wildman–Crippen LogP) is 4.32. The van der Waals surface area contributed by atoms with Crippen LogP contribution in [0.4, 0.5) is 0 Å². The lowest BCUT2D eigenvalue weighted by Gasteiger charge is -2.41. The zero-order chi connectivity index (χ0) is 17.6. The molecule has 0 aromatic rings. The molecular formula is C16H34O4Si2. The highest BCUT2D eigenvalue weighted by molar-refractivity contribution is 6.74. The standard InChI is InChI=1S/C16H34O4Si2/c1-15(2,3)21(7,8)19-12-11-18-14(17)13(12)20-22(9,10)16(4,5)6/h12-13H,11H2,1-10H3. The van der Waals surface area contributed by atoms with E-state index < -0.39 is 22.7 Å². The molecule has 4 nitrogen and oxygen atoms in total. The number of rotatable bonds is 4. The summed E-state index contributed by atoms with van der Waals surface area (Å²) in [6, 6.07) is 0. The summed E-state index contributed by atoms with van der Waals surface area (Å²) in [6.07, 6.45) is -0.850. The van der Waals surface area contributed by atoms with Crippen LogP contribution in [0.3, 0.4) is 0 Å². The van der Waals surface area contributed by atoms with E-state index in [1.807, 2.05) is 0 Å². The Morgan fingerprint density at radius 2 is 1.32 bits per heavy atom. The molecule has 2 atom stereocenters. The third-order valence-electron chi connectivity index (χ3n) is 5.44. The van der Waals surface area contributed by atoms with Crippen molar-refractivity contribution in [2.24, 2.45) is 0 Å². The average Bonchev–Trinajstić information content (AvgIpc) is 2.57. The predicted molar refractivity (Wildman–Crippen MR) is 95.1 cm³/mol. The molecule has 0 N–H and O–H groups in total. The second-order valence-corrected chi connectivity index (χ2v) is 18.9. The van der Waals surface area contributed by atoms with Crippen LogP contribution in [-0.4, -0.2) is 41.4 Å². The van der Waals surface area contributed by atoms with Crippen molar-refractivity contribution in [3.63, 3.8) is 0 Å². The Morgan fingerprint density at radius 1 is 0.909 bits per heavy atom. The van der Waals surface area contributed by atoms with Crippen LogP contribution >= 0.6 is 0 Å². The lowest BCUT2D eigenvalue weighted by atomic mass is 10.2. The van der Waals surface area contributed by atoms with Gasteiger partial charge in [-0.05, 0) is 36.3 Å². The van der Waals surface area contributed by atoms with Crippen molar-refractivity contribution in [1.82, 2.24) is 0 Å². The third kappa shape index (κ3) is 4.21. The first kappa shape index (κ1) is 19.9. The summed E-state index contributed by atoms with van der Waals surface area (Å²) in [5.74, 6) is -0.270. The van der Waals surface area contributed by atoms with Gasteiger partial charge in [0.05, 0.1) is 0 Å². The van der Waals surface area contributed by atoms with Crippen molar-refractivity contribution < 1.29 is 18.4 Å². The summed E-state index contributed by atoms with van der Waals surface area (Å²) < 4.78 is 18.0. The van der Waals surface area contributed by atoms with Crippen LogP contribution in [0.2, 0.25) is 36.3 Å². The fourth-order valence-corrected chi connectivity index (χ4v) is 4.29. The highest BCUT2D eigenvalue weighted by atomic mass is 28.4. The van der Waals surface area contributed by atoms with E-state index in [1.165, 1.54) is 0 Å². The van der Waals surface area contributed by atoms with Crippen molar-refractivity contribution in [2.75, 3.05) is 6.61 Å². The van der Waals surface area contributed by atoms with E-state index in [9.17, 15) is 4.79 Å². The van der Waals surface area contributed by atoms with E-state index >= 15 is 0 Å². The van der Waals surface area contributed by atoms with E-state index in [-0.39, 0.29) is 22.1 Å². The molecule has 0 aromatic carbocycles. The summed E-state index contributed by atoms with van der Waals surface area (Å²) in [5, 5.41) is 0.150. The Balaban J connectivity index is 2.92. The molecule has 2 unspecified atom stereocenters. The van der Waals surface area contributed by atoms with Gasteiger partial charge in [0.1, 0.15) is 12.7 Å². The molecule has 6 heteroatoms. The smallest absolute Gasteiger partial charge is 0.336 e. The van der Waals surface area contributed by atoms with E-state index in [1.54, 1.807) is 0 Å². The van der Waals surface area contributed by atoms with E-state index in [2.05, 4.69) is 67.7 Å². The highest BCUT2D eigenvalue weighted by Crippen LogP contribution is 2.41. The summed E-state index contributed by atoms with van der Waals surface area (Å²) in [6.45, 7) is 22.1. The molecule has 1 heterocycles. The highest BCUT2D eigenvalue weighted by Gasteiger charge is 2.50. The normalized spacial score (nSPS) is 24.5. The lowest BCUT2D eigenvalue weighted by molar-refractivity contribution is -0.144. The van der Waals surface area contributed by atoms with Gasteiger partial charge in [0.2, 0.25) is 0 Å². The fraction of sp³-hybridized carbons (Fsp3) is 0.938. The maximum Gasteiger partial charge on any atom is 0.336 e. The Bertz CT molecular complexity index is 419. The van der Waals surface area contributed by atoms with Crippen molar-refractivity contribution in [3.8, 4) is 0 Å². The van der Waals surface area contributed by atoms with Crippen molar-refractivity contribution in [3.05, 3.63) is 0 Å². The van der Waals surface area contributed by atoms with Gasteiger partial charge in [-0.3, -0.25) is 0 Å². The van der Waals surface area contributed by atoms with Crippen molar-refractivity contribution in [2.45, 2.75) is 90.0 Å². The van der Waals surface area contributed by atoms with Crippen LogP contribution in [0.1, 0.15) is 41.5 Å². The van der Waals surface area contributed by atoms with Crippen LogP contribution in [0.5, 0.6) is 0 Å². The number of carbonyl (C=O) groups excluding carboxylic acids is 1. The Labute approximate surface area is 138 Å². The number of cyclic esters (lactones) is 1. The number of ether oxygens (including phenoxy) is 1. The minimum atomic E-state index is -2.04. The largest absolute Gasteiger partial charge is 0.461 e. The Kier molecular flexibility index (Phi) is 5.45. The van der Waals surface area contributed by atoms with Gasteiger partial charge < -0.3 is 13.6 Å². The maximum absolute atomic E-state index is 12.1. The number of esters is 1. The van der Waals surface area contributed by atoms with E-state index in [0.29, 0.717) is 6.61 Å². The van der Waals surface area contributed by atoms with Gasteiger partial charge in [-0.15, -0.1) is 0 Å². The van der Waals surface area contributed by atoms with Gasteiger partial charge >= 0.3 is 5.97 Å². The summed E-state index contributed by atoms with van der Waals surface area (Å²) in [4.78, 5) is 12.1. The Hall–Kier alpha value is -0.176. The average molecular weight is 347 g/mol. The molecule has 1 saturated heterocycles. The molecule has 1 fully saturated rings. The fourth-order valence-electron chi connectivity index (χ4n) is 1.75. The van der Waals surface area contributed by atoms with Gasteiger partial charge in [-0.2, -0.15) is 0 Å². The first-order valence-corrected chi connectivity index (χ1v) is 13.9. The molecule has 0 aromatic heterocycles. The summed E-state index contributed by atoms with van der Waals surface area (Å²) in [7, 11) is -4.00. The molecule has 0 radical (unpaired) electrons. The van der Waals surface area contributed by atoms with Crippen LogP contribution in [0, 0.1) is 0 Å². The van der Waals surface area contributed by atoms with Crippen molar-refractivity contribution in [1.29, 1.82) is 0 Å². The van der Waals surface area contributed by atoms with Crippen LogP contribution in [0.15, 0.2) is 0 Å². The lowest BCUT2D eigenvalue weighted by Crippen LogP contribution is -2.52. The van der Waals surface area contributed by atoms with Gasteiger partial charge in [0.25, 0.3) is 0 Å². The van der Waals surface area contributed by atoms with Gasteiger partial charge in [-0.25, -0.2) is 4.79 Å². The number of hydrogen-bond donors (Lipinski definition) is 0. The quantitative estimate of drug-likeness (QED) is 0.561. The summed E-state index contributed by atoms with van der Waals surface area (Å²) in [5.41, 5.74) is 0. The van der Waals surface area contributed by atoms with Gasteiger partial charge in [-0.1, -0.05) is 41.5 Å². The van der Waals surface area contributed by atoms with Crippen LogP contribution in [0.25, 0.3) is 0 Å². The van der Waals surface area contributed by atoms with E-state index in [4.69, 9.17) is 13.6 Å². The molecule has 1 aliphatic rings. The molecule has 1 aliphatic heterocycles. The molecule has 0 saturated carbocycles. The molecule has 0 spiro atoms. The minimum absolute atomic E-state index is 0.0530. The number of hydrogen-bond acceptors (Lipinski definition) is 4. The zero-order valence-electron chi connectivity index (χ0n) is 16.0.